The van der Waals surface area contributed by atoms with Crippen LogP contribution >= 0.6 is 11.3 Å². The van der Waals surface area contributed by atoms with Crippen LogP contribution in [0.5, 0.6) is 0 Å². The Labute approximate surface area is 142 Å². The topological polar surface area (TPSA) is 50.8 Å². The van der Waals surface area contributed by atoms with Gasteiger partial charge in [-0.1, -0.05) is 13.0 Å². The van der Waals surface area contributed by atoms with Crippen LogP contribution in [-0.4, -0.2) is 43.0 Å². The molecule has 2 saturated heterocycles. The number of hydrogen-bond acceptors (Lipinski definition) is 4. The van der Waals surface area contributed by atoms with Gasteiger partial charge in [-0.15, -0.1) is 11.3 Å². The van der Waals surface area contributed by atoms with E-state index in [1.165, 1.54) is 4.88 Å². The third-order valence-corrected chi connectivity index (χ3v) is 5.89. The molecule has 1 aromatic rings. The number of rotatable bonds is 4. The second-order valence-corrected chi connectivity index (χ2v) is 7.40. The summed E-state index contributed by atoms with van der Waals surface area (Å²) >= 11 is 1.69. The van der Waals surface area contributed by atoms with Crippen LogP contribution in [0.1, 0.15) is 44.0 Å². The van der Waals surface area contributed by atoms with Crippen LogP contribution in [0, 0.1) is 5.92 Å². The molecular formula is C17H26N2O3S. The van der Waals surface area contributed by atoms with Crippen LogP contribution in [0.3, 0.4) is 0 Å². The van der Waals surface area contributed by atoms with Crippen LogP contribution in [0.15, 0.2) is 17.5 Å². The molecule has 2 aliphatic rings. The predicted molar refractivity (Wildman–Crippen MR) is 90.5 cm³/mol. The zero-order valence-corrected chi connectivity index (χ0v) is 14.7. The summed E-state index contributed by atoms with van der Waals surface area (Å²) in [5, 5.41) is 5.23. The van der Waals surface area contributed by atoms with Gasteiger partial charge in [-0.2, -0.15) is 0 Å². The Bertz CT molecular complexity index is 514. The van der Waals surface area contributed by atoms with E-state index in [0.717, 1.165) is 25.8 Å². The lowest BCUT2D eigenvalue weighted by molar-refractivity contribution is -0.189. The maximum absolute atomic E-state index is 12.7. The molecule has 128 valence electrons. The van der Waals surface area contributed by atoms with Crippen molar-refractivity contribution in [1.29, 1.82) is 0 Å². The highest BCUT2D eigenvalue weighted by atomic mass is 32.1. The van der Waals surface area contributed by atoms with Gasteiger partial charge in [0.05, 0.1) is 19.3 Å². The maximum atomic E-state index is 12.7. The second kappa shape index (κ2) is 7.20. The highest BCUT2D eigenvalue weighted by molar-refractivity contribution is 7.10. The number of urea groups is 1. The normalized spacial score (nSPS) is 25.3. The zero-order chi connectivity index (χ0) is 16.3. The fraction of sp³-hybridized carbons (Fsp3) is 0.706. The van der Waals surface area contributed by atoms with E-state index in [2.05, 4.69) is 23.7 Å². The van der Waals surface area contributed by atoms with E-state index in [1.54, 1.807) is 11.3 Å². The lowest BCUT2D eigenvalue weighted by Crippen LogP contribution is -2.51. The van der Waals surface area contributed by atoms with Crippen molar-refractivity contribution in [3.8, 4) is 0 Å². The summed E-state index contributed by atoms with van der Waals surface area (Å²) in [6.07, 6.45) is 2.94. The maximum Gasteiger partial charge on any atom is 0.317 e. The SMILES string of the molecule is CC[C@@H](NC(=O)N1CCC[C@H](C2(C)OCCO2)C1)c1cccs1. The number of ether oxygens (including phenoxy) is 2. The van der Waals surface area contributed by atoms with Crippen LogP contribution in [0.25, 0.3) is 0 Å². The van der Waals surface area contributed by atoms with E-state index in [9.17, 15) is 4.79 Å². The Morgan fingerprint density at radius 1 is 1.52 bits per heavy atom. The Balaban J connectivity index is 1.60. The fourth-order valence-electron chi connectivity index (χ4n) is 3.46. The third-order valence-electron chi connectivity index (χ3n) is 4.90. The summed E-state index contributed by atoms with van der Waals surface area (Å²) in [5.74, 6) is -0.289. The standard InChI is InChI=1S/C17H26N2O3S/c1-3-14(15-7-5-11-23-15)18-16(20)19-8-4-6-13(12-19)17(2)21-9-10-22-17/h5,7,11,13-14H,3-4,6,8-10,12H2,1-2H3,(H,18,20)/t13-,14+/m0/s1. The summed E-state index contributed by atoms with van der Waals surface area (Å²) in [6.45, 7) is 6.91. The molecule has 3 heterocycles. The minimum atomic E-state index is -0.531. The van der Waals surface area contributed by atoms with Gasteiger partial charge in [0, 0.05) is 23.9 Å². The molecule has 0 aromatic carbocycles. The zero-order valence-electron chi connectivity index (χ0n) is 13.9. The molecule has 0 saturated carbocycles. The van der Waals surface area contributed by atoms with Crippen molar-refractivity contribution in [2.45, 2.75) is 44.9 Å². The van der Waals surface area contributed by atoms with Crippen molar-refractivity contribution in [3.05, 3.63) is 22.4 Å². The molecule has 0 bridgehead atoms. The van der Waals surface area contributed by atoms with Gasteiger partial charge >= 0.3 is 6.03 Å². The van der Waals surface area contributed by atoms with Crippen molar-refractivity contribution >= 4 is 17.4 Å². The van der Waals surface area contributed by atoms with E-state index in [4.69, 9.17) is 9.47 Å². The summed E-state index contributed by atoms with van der Waals surface area (Å²) in [5.41, 5.74) is 0. The Morgan fingerprint density at radius 2 is 2.30 bits per heavy atom. The molecular weight excluding hydrogens is 312 g/mol. The summed E-state index contributed by atoms with van der Waals surface area (Å²) in [4.78, 5) is 15.8. The summed E-state index contributed by atoms with van der Waals surface area (Å²) in [6, 6.07) is 4.23. The number of thiophene rings is 1. The largest absolute Gasteiger partial charge is 0.347 e. The number of amides is 2. The molecule has 2 aliphatic heterocycles. The van der Waals surface area contributed by atoms with E-state index in [-0.39, 0.29) is 18.0 Å². The van der Waals surface area contributed by atoms with Gasteiger partial charge in [0.2, 0.25) is 0 Å². The molecule has 0 radical (unpaired) electrons. The first-order valence-corrected chi connectivity index (χ1v) is 9.37. The van der Waals surface area contributed by atoms with Crippen LogP contribution in [-0.2, 0) is 9.47 Å². The number of nitrogens with zero attached hydrogens (tertiary/aromatic N) is 1. The minimum Gasteiger partial charge on any atom is -0.347 e. The minimum absolute atomic E-state index is 0.0246. The first-order valence-electron chi connectivity index (χ1n) is 8.49. The number of hydrogen-bond donors (Lipinski definition) is 1. The second-order valence-electron chi connectivity index (χ2n) is 6.42. The van der Waals surface area contributed by atoms with E-state index in [0.29, 0.717) is 19.8 Å². The van der Waals surface area contributed by atoms with Gasteiger partial charge in [-0.3, -0.25) is 0 Å². The lowest BCUT2D eigenvalue weighted by atomic mass is 9.90. The smallest absolute Gasteiger partial charge is 0.317 e. The van der Waals surface area contributed by atoms with E-state index < -0.39 is 5.79 Å². The first-order chi connectivity index (χ1) is 11.1. The van der Waals surface area contributed by atoms with Crippen molar-refractivity contribution in [1.82, 2.24) is 10.2 Å². The molecule has 23 heavy (non-hydrogen) atoms. The number of piperidine rings is 1. The van der Waals surface area contributed by atoms with Gasteiger partial charge < -0.3 is 19.7 Å². The number of nitrogens with one attached hydrogen (secondary N) is 1. The summed E-state index contributed by atoms with van der Waals surface area (Å²) < 4.78 is 11.6. The van der Waals surface area contributed by atoms with Crippen LogP contribution in [0.2, 0.25) is 0 Å². The third kappa shape index (κ3) is 3.70. The molecule has 6 heteroatoms. The fourth-order valence-corrected chi connectivity index (χ4v) is 4.32. The molecule has 2 amide bonds. The van der Waals surface area contributed by atoms with Gasteiger partial charge in [-0.25, -0.2) is 4.79 Å². The number of carbonyl (C=O) groups excluding carboxylic acids is 1. The average Bonchev–Trinajstić information content (AvgIpc) is 3.25. The van der Waals surface area contributed by atoms with Crippen LogP contribution < -0.4 is 5.32 Å². The molecule has 3 rings (SSSR count). The van der Waals surface area contributed by atoms with E-state index >= 15 is 0 Å². The van der Waals surface area contributed by atoms with Crippen molar-refractivity contribution in [2.75, 3.05) is 26.3 Å². The predicted octanol–water partition coefficient (Wildman–Crippen LogP) is 3.38. The van der Waals surface area contributed by atoms with Crippen molar-refractivity contribution in [2.24, 2.45) is 5.92 Å². The number of likely N-dealkylation sites (tertiary alicyclic amines) is 1. The van der Waals surface area contributed by atoms with Gasteiger partial charge in [0.15, 0.2) is 5.79 Å². The molecule has 1 N–H and O–H groups in total. The molecule has 2 atom stereocenters. The number of carbonyl (C=O) groups is 1. The average molecular weight is 338 g/mol. The molecule has 0 spiro atoms. The summed E-state index contributed by atoms with van der Waals surface area (Å²) in [7, 11) is 0. The Morgan fingerprint density at radius 3 is 2.96 bits per heavy atom. The van der Waals surface area contributed by atoms with Crippen molar-refractivity contribution < 1.29 is 14.3 Å². The Kier molecular flexibility index (Phi) is 5.24. The molecule has 0 aliphatic carbocycles. The Hall–Kier alpha value is -1.11. The van der Waals surface area contributed by atoms with Crippen LogP contribution in [0.4, 0.5) is 4.79 Å². The molecule has 0 unspecified atom stereocenters. The highest BCUT2D eigenvalue weighted by Crippen LogP contribution is 2.34. The van der Waals surface area contributed by atoms with Gasteiger partial charge in [-0.05, 0) is 37.6 Å². The molecule has 2 fully saturated rings. The van der Waals surface area contributed by atoms with Gasteiger partial charge in [0.25, 0.3) is 0 Å². The highest BCUT2D eigenvalue weighted by Gasteiger charge is 2.42. The lowest BCUT2D eigenvalue weighted by Gasteiger charge is -2.40. The molecule has 1 aromatic heterocycles. The molecule has 5 nitrogen and oxygen atoms in total. The first kappa shape index (κ1) is 16.7. The van der Waals surface area contributed by atoms with Gasteiger partial charge in [0.1, 0.15) is 0 Å². The monoisotopic (exact) mass is 338 g/mol. The van der Waals surface area contributed by atoms with Crippen molar-refractivity contribution in [3.63, 3.8) is 0 Å². The quantitative estimate of drug-likeness (QED) is 0.915. The van der Waals surface area contributed by atoms with E-state index in [1.807, 2.05) is 17.9 Å².